The minimum atomic E-state index is -0.428. The van der Waals surface area contributed by atoms with Crippen molar-refractivity contribution >= 4 is 39.0 Å². The van der Waals surface area contributed by atoms with Gasteiger partial charge < -0.3 is 15.8 Å². The number of fused-ring (bicyclic) bond motifs is 1. The van der Waals surface area contributed by atoms with E-state index in [1.807, 2.05) is 79.7 Å². The van der Waals surface area contributed by atoms with Crippen LogP contribution in [-0.2, 0) is 0 Å². The fourth-order valence-corrected chi connectivity index (χ4v) is 5.58. The number of thiophene rings is 1. The molecule has 0 spiro atoms. The average molecular weight is 548 g/mol. The topological polar surface area (TPSA) is 115 Å². The fraction of sp³-hybridized carbons (Fsp3) is 0.0645. The summed E-state index contributed by atoms with van der Waals surface area (Å²) in [5.41, 5.74) is 12.0. The van der Waals surface area contributed by atoms with Crippen LogP contribution in [0.5, 0.6) is 5.75 Å². The van der Waals surface area contributed by atoms with Gasteiger partial charge in [0.15, 0.2) is 0 Å². The summed E-state index contributed by atoms with van der Waals surface area (Å²) in [6.07, 6.45) is 0. The van der Waals surface area contributed by atoms with E-state index in [4.69, 9.17) is 15.5 Å². The van der Waals surface area contributed by atoms with Gasteiger partial charge in [-0.2, -0.15) is 0 Å². The van der Waals surface area contributed by atoms with Crippen molar-refractivity contribution in [1.29, 1.82) is 0 Å². The molecule has 0 unspecified atom stereocenters. The lowest BCUT2D eigenvalue weighted by Gasteiger charge is -2.10. The zero-order chi connectivity index (χ0) is 27.8. The van der Waals surface area contributed by atoms with Crippen molar-refractivity contribution in [2.24, 2.45) is 0 Å². The molecule has 1 amide bonds. The third-order valence-electron chi connectivity index (χ3n) is 6.64. The quantitative estimate of drug-likeness (QED) is 0.228. The number of aromatic nitrogens is 3. The summed E-state index contributed by atoms with van der Waals surface area (Å²) in [6.45, 7) is 2.03. The number of para-hydroxylation sites is 1. The summed E-state index contributed by atoms with van der Waals surface area (Å²) in [5.74, 6) is 0.589. The molecular formula is C31H25N5O3S. The second-order valence-electron chi connectivity index (χ2n) is 9.31. The molecule has 6 aromatic rings. The summed E-state index contributed by atoms with van der Waals surface area (Å²) in [6, 6.07) is 28.3. The highest BCUT2D eigenvalue weighted by Gasteiger charge is 2.22. The first kappa shape index (κ1) is 25.1. The Kier molecular flexibility index (Phi) is 6.41. The Morgan fingerprint density at radius 3 is 2.38 bits per heavy atom. The highest BCUT2D eigenvalue weighted by atomic mass is 32.1. The lowest BCUT2D eigenvalue weighted by molar-refractivity contribution is 0.103. The number of nitrogens with two attached hydrogens (primary N) is 1. The molecule has 3 aromatic carbocycles. The van der Waals surface area contributed by atoms with Gasteiger partial charge in [-0.05, 0) is 60.5 Å². The molecule has 8 nitrogen and oxygen atoms in total. The molecule has 0 aliphatic rings. The number of ether oxygens (including phenoxy) is 1. The summed E-state index contributed by atoms with van der Waals surface area (Å²) >= 11 is 1.22. The van der Waals surface area contributed by atoms with Crippen molar-refractivity contribution in [3.05, 3.63) is 112 Å². The minimum absolute atomic E-state index is 0.265. The third kappa shape index (κ3) is 4.63. The van der Waals surface area contributed by atoms with E-state index in [0.29, 0.717) is 26.5 Å². The van der Waals surface area contributed by atoms with Gasteiger partial charge in [0.25, 0.3) is 11.5 Å². The van der Waals surface area contributed by atoms with Crippen LogP contribution in [0, 0.1) is 6.92 Å². The summed E-state index contributed by atoms with van der Waals surface area (Å²) in [7, 11) is 1.63. The highest BCUT2D eigenvalue weighted by Crippen LogP contribution is 2.41. The number of rotatable bonds is 6. The molecule has 0 aliphatic carbocycles. The molecule has 198 valence electrons. The number of nitrogens with one attached hydrogen (secondary N) is 2. The number of carbonyl (C=O) groups is 1. The number of pyridine rings is 1. The maximum absolute atomic E-state index is 13.4. The van der Waals surface area contributed by atoms with E-state index in [2.05, 4.69) is 10.4 Å². The Morgan fingerprint density at radius 2 is 1.68 bits per heavy atom. The standard InChI is InChI=1S/C31H25N5O3S/c1-18-8-10-19(11-9-18)23-16-24(20-12-14-22(39-2)15-13-20)33-31-27(23)28(32)29(40-31)30(38)34-25-17-26(37)36(35-25)21-6-4-3-5-7-21/h3-17,35H,32H2,1-2H3,(H,34,38). The molecule has 0 radical (unpaired) electrons. The Bertz CT molecular complexity index is 1900. The van der Waals surface area contributed by atoms with E-state index < -0.39 is 5.91 Å². The predicted molar refractivity (Wildman–Crippen MR) is 161 cm³/mol. The first-order valence-electron chi connectivity index (χ1n) is 12.5. The minimum Gasteiger partial charge on any atom is -0.497 e. The summed E-state index contributed by atoms with van der Waals surface area (Å²) in [4.78, 5) is 31.8. The number of carbonyl (C=O) groups excluding carboxylic acids is 1. The van der Waals surface area contributed by atoms with E-state index in [-0.39, 0.29) is 11.4 Å². The monoisotopic (exact) mass is 547 g/mol. The maximum atomic E-state index is 13.4. The van der Waals surface area contributed by atoms with Crippen molar-refractivity contribution < 1.29 is 9.53 Å². The number of amides is 1. The largest absolute Gasteiger partial charge is 0.497 e. The van der Waals surface area contributed by atoms with Gasteiger partial charge >= 0.3 is 0 Å². The van der Waals surface area contributed by atoms with Gasteiger partial charge in [0.05, 0.1) is 24.2 Å². The molecule has 0 saturated carbocycles. The van der Waals surface area contributed by atoms with Crippen molar-refractivity contribution in [3.63, 3.8) is 0 Å². The summed E-state index contributed by atoms with van der Waals surface area (Å²) in [5, 5.41) is 6.45. The second kappa shape index (κ2) is 10.2. The molecular weight excluding hydrogens is 522 g/mol. The number of hydrogen-bond donors (Lipinski definition) is 3. The van der Waals surface area contributed by atoms with Gasteiger partial charge in [-0.1, -0.05) is 48.0 Å². The number of methoxy groups -OCH3 is 1. The van der Waals surface area contributed by atoms with Gasteiger partial charge in [-0.3, -0.25) is 14.7 Å². The molecule has 0 saturated heterocycles. The number of anilines is 2. The Morgan fingerprint density at radius 1 is 0.975 bits per heavy atom. The van der Waals surface area contributed by atoms with E-state index in [0.717, 1.165) is 33.7 Å². The van der Waals surface area contributed by atoms with E-state index in [1.54, 1.807) is 19.2 Å². The molecule has 0 fully saturated rings. The first-order chi connectivity index (χ1) is 19.4. The van der Waals surface area contributed by atoms with Crippen molar-refractivity contribution in [2.45, 2.75) is 6.92 Å². The molecule has 40 heavy (non-hydrogen) atoms. The van der Waals surface area contributed by atoms with Crippen LogP contribution < -0.4 is 21.3 Å². The zero-order valence-corrected chi connectivity index (χ0v) is 22.6. The van der Waals surface area contributed by atoms with Gasteiger partial charge in [0, 0.05) is 17.0 Å². The molecule has 0 bridgehead atoms. The van der Waals surface area contributed by atoms with Crippen LogP contribution in [0.1, 0.15) is 15.2 Å². The number of benzene rings is 3. The zero-order valence-electron chi connectivity index (χ0n) is 21.8. The number of aromatic amines is 1. The van der Waals surface area contributed by atoms with Crippen LogP contribution in [0.15, 0.2) is 95.8 Å². The molecule has 3 aromatic heterocycles. The van der Waals surface area contributed by atoms with Crippen LogP contribution in [0.4, 0.5) is 11.5 Å². The first-order valence-corrected chi connectivity index (χ1v) is 13.4. The fourth-order valence-electron chi connectivity index (χ4n) is 4.57. The van der Waals surface area contributed by atoms with Crippen molar-refractivity contribution in [1.82, 2.24) is 14.8 Å². The normalized spacial score (nSPS) is 11.1. The number of nitrogens with zero attached hydrogens (tertiary/aromatic N) is 2. The second-order valence-corrected chi connectivity index (χ2v) is 10.3. The van der Waals surface area contributed by atoms with Gasteiger partial charge in [0.1, 0.15) is 21.3 Å². The van der Waals surface area contributed by atoms with Crippen LogP contribution in [0.3, 0.4) is 0 Å². The lowest BCUT2D eigenvalue weighted by atomic mass is 9.98. The Balaban J connectivity index is 1.43. The predicted octanol–water partition coefficient (Wildman–Crippen LogP) is 6.26. The van der Waals surface area contributed by atoms with Gasteiger partial charge in [-0.25, -0.2) is 9.67 Å². The molecule has 9 heteroatoms. The number of hydrogen-bond acceptors (Lipinski definition) is 6. The van der Waals surface area contributed by atoms with Crippen LogP contribution in [0.25, 0.3) is 38.3 Å². The van der Waals surface area contributed by atoms with E-state index >= 15 is 0 Å². The average Bonchev–Trinajstić information content (AvgIpc) is 3.52. The van der Waals surface area contributed by atoms with Crippen LogP contribution >= 0.6 is 11.3 Å². The van der Waals surface area contributed by atoms with Gasteiger partial charge in [0.2, 0.25) is 0 Å². The molecule has 0 aliphatic heterocycles. The lowest BCUT2D eigenvalue weighted by Crippen LogP contribution is -2.13. The van der Waals surface area contributed by atoms with E-state index in [9.17, 15) is 9.59 Å². The molecule has 0 atom stereocenters. The smallest absolute Gasteiger partial charge is 0.273 e. The van der Waals surface area contributed by atoms with E-state index in [1.165, 1.54) is 22.1 Å². The molecule has 3 heterocycles. The highest BCUT2D eigenvalue weighted by molar-refractivity contribution is 7.21. The molecule has 4 N–H and O–H groups in total. The molecule has 6 rings (SSSR count). The SMILES string of the molecule is COc1ccc(-c2cc(-c3ccc(C)cc3)c3c(N)c(C(=O)Nc4cc(=O)n(-c5ccccc5)[nH]4)sc3n2)cc1. The number of nitrogen functional groups attached to an aromatic ring is 1. The van der Waals surface area contributed by atoms with Crippen molar-refractivity contribution in [2.75, 3.05) is 18.2 Å². The van der Waals surface area contributed by atoms with Crippen LogP contribution in [-0.4, -0.2) is 27.8 Å². The number of H-pyrrole nitrogens is 1. The third-order valence-corrected chi connectivity index (χ3v) is 7.73. The number of aryl methyl sites for hydroxylation is 1. The van der Waals surface area contributed by atoms with Crippen molar-refractivity contribution in [3.8, 4) is 33.8 Å². The Labute approximate surface area is 233 Å². The van der Waals surface area contributed by atoms with Crippen LogP contribution in [0.2, 0.25) is 0 Å². The summed E-state index contributed by atoms with van der Waals surface area (Å²) < 4.78 is 6.67. The van der Waals surface area contributed by atoms with Gasteiger partial charge in [-0.15, -0.1) is 11.3 Å². The Hall–Kier alpha value is -5.15. The maximum Gasteiger partial charge on any atom is 0.273 e.